The highest BCUT2D eigenvalue weighted by molar-refractivity contribution is 7.91. The first-order chi connectivity index (χ1) is 11.9. The fraction of sp³-hybridized carbons (Fsp3) is 0.105. The van der Waals surface area contributed by atoms with Gasteiger partial charge in [0.1, 0.15) is 0 Å². The van der Waals surface area contributed by atoms with Crippen LogP contribution in [0.15, 0.2) is 67.0 Å². The Labute approximate surface area is 152 Å². The zero-order valence-corrected chi connectivity index (χ0v) is 15.2. The maximum absolute atomic E-state index is 12.3. The molecule has 1 heterocycles. The van der Waals surface area contributed by atoms with Gasteiger partial charge < -0.3 is 0 Å². The van der Waals surface area contributed by atoms with Crippen LogP contribution in [0.25, 0.3) is 11.1 Å². The molecule has 2 aromatic carbocycles. The number of hydrogen-bond acceptors (Lipinski definition) is 3. The number of anilines is 1. The normalized spacial score (nSPS) is 11.3. The Morgan fingerprint density at radius 3 is 2.52 bits per heavy atom. The summed E-state index contributed by atoms with van der Waals surface area (Å²) in [5.74, 6) is -0.128. The van der Waals surface area contributed by atoms with Crippen LogP contribution in [0, 0.1) is 6.92 Å². The summed E-state index contributed by atoms with van der Waals surface area (Å²) in [5.41, 5.74) is 4.29. The number of halogens is 1. The lowest BCUT2D eigenvalue weighted by atomic mass is 10.0. The smallest absolute Gasteiger partial charge is 0.236 e. The van der Waals surface area contributed by atoms with Gasteiger partial charge in [-0.2, -0.15) is 0 Å². The molecule has 0 radical (unpaired) electrons. The molecule has 4 nitrogen and oxygen atoms in total. The number of nitrogens with zero attached hydrogens (tertiary/aromatic N) is 1. The van der Waals surface area contributed by atoms with Crippen molar-refractivity contribution in [2.45, 2.75) is 12.7 Å². The van der Waals surface area contributed by atoms with Crippen molar-refractivity contribution in [3.05, 3.63) is 83.1 Å². The van der Waals surface area contributed by atoms with E-state index < -0.39 is 10.0 Å². The highest BCUT2D eigenvalue weighted by Crippen LogP contribution is 2.24. The summed E-state index contributed by atoms with van der Waals surface area (Å²) in [6, 6.07) is 16.0. The second kappa shape index (κ2) is 7.25. The van der Waals surface area contributed by atoms with Crippen molar-refractivity contribution in [1.29, 1.82) is 0 Å². The van der Waals surface area contributed by atoms with Crippen molar-refractivity contribution < 1.29 is 8.42 Å². The topological polar surface area (TPSA) is 59.1 Å². The van der Waals surface area contributed by atoms with Crippen LogP contribution in [-0.2, 0) is 15.8 Å². The van der Waals surface area contributed by atoms with E-state index in [2.05, 4.69) is 9.71 Å². The Bertz CT molecular complexity index is 986. The van der Waals surface area contributed by atoms with E-state index in [0.717, 1.165) is 16.7 Å². The molecule has 0 unspecified atom stereocenters. The average Bonchev–Trinajstić information content (AvgIpc) is 2.55. The molecule has 1 aromatic heterocycles. The highest BCUT2D eigenvalue weighted by Gasteiger charge is 2.12. The van der Waals surface area contributed by atoms with Crippen molar-refractivity contribution in [1.82, 2.24) is 4.98 Å². The van der Waals surface area contributed by atoms with Crippen LogP contribution < -0.4 is 4.72 Å². The molecular formula is C19H17ClN2O2S. The van der Waals surface area contributed by atoms with Gasteiger partial charge in [-0.3, -0.25) is 9.71 Å². The number of hydrogen-bond donors (Lipinski definition) is 1. The maximum Gasteiger partial charge on any atom is 0.236 e. The van der Waals surface area contributed by atoms with Crippen LogP contribution in [0.3, 0.4) is 0 Å². The van der Waals surface area contributed by atoms with E-state index in [0.29, 0.717) is 16.3 Å². The van der Waals surface area contributed by atoms with Crippen LogP contribution in [-0.4, -0.2) is 13.4 Å². The summed E-state index contributed by atoms with van der Waals surface area (Å²) in [4.78, 5) is 4.14. The van der Waals surface area contributed by atoms with Crippen molar-refractivity contribution in [2.24, 2.45) is 0 Å². The van der Waals surface area contributed by atoms with Crippen molar-refractivity contribution in [3.63, 3.8) is 0 Å². The summed E-state index contributed by atoms with van der Waals surface area (Å²) in [7, 11) is -3.51. The summed E-state index contributed by atoms with van der Waals surface area (Å²) in [6.07, 6.45) is 3.55. The molecule has 0 spiro atoms. The van der Waals surface area contributed by atoms with Gasteiger partial charge in [0.15, 0.2) is 0 Å². The maximum atomic E-state index is 12.3. The van der Waals surface area contributed by atoms with Gasteiger partial charge in [-0.15, -0.1) is 0 Å². The van der Waals surface area contributed by atoms with Crippen LogP contribution in [0.1, 0.15) is 11.1 Å². The summed E-state index contributed by atoms with van der Waals surface area (Å²) < 4.78 is 27.2. The Hall–Kier alpha value is -2.37. The third-order valence-electron chi connectivity index (χ3n) is 3.75. The molecule has 0 atom stereocenters. The minimum Gasteiger partial charge on any atom is -0.283 e. The zero-order chi connectivity index (χ0) is 17.9. The minimum absolute atomic E-state index is 0.128. The van der Waals surface area contributed by atoms with Gasteiger partial charge in [0, 0.05) is 28.7 Å². The molecule has 0 amide bonds. The number of sulfonamides is 1. The molecule has 0 aliphatic heterocycles. The highest BCUT2D eigenvalue weighted by atomic mass is 35.5. The Kier molecular flexibility index (Phi) is 5.06. The quantitative estimate of drug-likeness (QED) is 0.709. The fourth-order valence-electron chi connectivity index (χ4n) is 2.55. The largest absolute Gasteiger partial charge is 0.283 e. The molecule has 0 saturated carbocycles. The van der Waals surface area contributed by atoms with Crippen LogP contribution in [0.2, 0.25) is 5.02 Å². The van der Waals surface area contributed by atoms with E-state index >= 15 is 0 Å². The van der Waals surface area contributed by atoms with Gasteiger partial charge in [0.2, 0.25) is 10.0 Å². The van der Waals surface area contributed by atoms with Crippen LogP contribution in [0.4, 0.5) is 5.69 Å². The first-order valence-corrected chi connectivity index (χ1v) is 9.72. The second-order valence-corrected chi connectivity index (χ2v) is 7.92. The monoisotopic (exact) mass is 372 g/mol. The fourth-order valence-corrected chi connectivity index (χ4v) is 3.94. The Morgan fingerprint density at radius 2 is 1.84 bits per heavy atom. The standard InChI is InChI=1S/C19H17ClN2O2S/c1-14-9-10-21-12-19(14)16-5-7-18(8-6-16)22-25(23,24)13-15-3-2-4-17(20)11-15/h2-12,22H,13H2,1H3. The SMILES string of the molecule is Cc1ccncc1-c1ccc(NS(=O)(=O)Cc2cccc(Cl)c2)cc1. The number of benzene rings is 2. The van der Waals surface area contributed by atoms with Crippen LogP contribution >= 0.6 is 11.6 Å². The number of pyridine rings is 1. The van der Waals surface area contributed by atoms with E-state index in [1.807, 2.05) is 25.1 Å². The van der Waals surface area contributed by atoms with Gasteiger partial charge in [-0.1, -0.05) is 35.9 Å². The third kappa shape index (κ3) is 4.59. The molecule has 3 rings (SSSR count). The third-order valence-corrected chi connectivity index (χ3v) is 5.25. The van der Waals surface area contributed by atoms with Gasteiger partial charge in [-0.05, 0) is 53.9 Å². The summed E-state index contributed by atoms with van der Waals surface area (Å²) in [5, 5.41) is 0.517. The first-order valence-electron chi connectivity index (χ1n) is 7.69. The molecule has 128 valence electrons. The lowest BCUT2D eigenvalue weighted by Crippen LogP contribution is -2.15. The molecule has 3 aromatic rings. The van der Waals surface area contributed by atoms with E-state index in [4.69, 9.17) is 11.6 Å². The number of aromatic nitrogens is 1. The molecule has 0 aliphatic rings. The van der Waals surface area contributed by atoms with E-state index in [-0.39, 0.29) is 5.75 Å². The minimum atomic E-state index is -3.51. The van der Waals surface area contributed by atoms with E-state index in [1.165, 1.54) is 0 Å². The lowest BCUT2D eigenvalue weighted by Gasteiger charge is -2.10. The van der Waals surface area contributed by atoms with Gasteiger partial charge in [0.25, 0.3) is 0 Å². The molecule has 6 heteroatoms. The summed E-state index contributed by atoms with van der Waals surface area (Å²) in [6.45, 7) is 2.01. The number of aryl methyl sites for hydroxylation is 1. The van der Waals surface area contributed by atoms with Gasteiger partial charge in [-0.25, -0.2) is 8.42 Å². The van der Waals surface area contributed by atoms with Crippen LogP contribution in [0.5, 0.6) is 0 Å². The predicted molar refractivity (Wildman–Crippen MR) is 102 cm³/mol. The van der Waals surface area contributed by atoms with E-state index in [1.54, 1.807) is 48.8 Å². The predicted octanol–water partition coefficient (Wildman–Crippen LogP) is 4.65. The molecule has 0 fully saturated rings. The lowest BCUT2D eigenvalue weighted by molar-refractivity contribution is 0.600. The van der Waals surface area contributed by atoms with Gasteiger partial charge >= 0.3 is 0 Å². The Balaban J connectivity index is 1.76. The molecular weight excluding hydrogens is 356 g/mol. The first kappa shape index (κ1) is 17.5. The summed E-state index contributed by atoms with van der Waals surface area (Å²) >= 11 is 5.90. The second-order valence-electron chi connectivity index (χ2n) is 5.76. The average molecular weight is 373 g/mol. The molecule has 0 bridgehead atoms. The molecule has 0 aliphatic carbocycles. The molecule has 25 heavy (non-hydrogen) atoms. The van der Waals surface area contributed by atoms with Crippen molar-refractivity contribution in [3.8, 4) is 11.1 Å². The van der Waals surface area contributed by atoms with Crippen molar-refractivity contribution >= 4 is 27.3 Å². The zero-order valence-electron chi connectivity index (χ0n) is 13.6. The van der Waals surface area contributed by atoms with Gasteiger partial charge in [0.05, 0.1) is 5.75 Å². The van der Waals surface area contributed by atoms with Crippen molar-refractivity contribution in [2.75, 3.05) is 4.72 Å². The molecule has 0 saturated heterocycles. The molecule has 1 N–H and O–H groups in total. The number of rotatable bonds is 5. The van der Waals surface area contributed by atoms with E-state index in [9.17, 15) is 8.42 Å². The Morgan fingerprint density at radius 1 is 1.08 bits per heavy atom. The number of nitrogens with one attached hydrogen (secondary N) is 1.